The molecule has 0 atom stereocenters. The minimum Gasteiger partial charge on any atom is -0.497 e. The summed E-state index contributed by atoms with van der Waals surface area (Å²) >= 11 is 0. The molecule has 2 aromatic heterocycles. The maximum absolute atomic E-state index is 5.37. The standard InChI is InChI=1S/C13H15N7O/c1-21-9-4-2-8(3-5-9)6-15-11-10-7-16-20-12(10)18-13(17-11)19-14/h2-5,7H,6,14H2,1H3,(H3,15,16,17,18,19,20). The Bertz CT molecular complexity index is 738. The van der Waals surface area contributed by atoms with Gasteiger partial charge in [0, 0.05) is 6.54 Å². The summed E-state index contributed by atoms with van der Waals surface area (Å²) in [6, 6.07) is 7.80. The van der Waals surface area contributed by atoms with Crippen molar-refractivity contribution >= 4 is 22.8 Å². The maximum atomic E-state index is 5.37. The molecule has 0 aliphatic carbocycles. The Morgan fingerprint density at radius 2 is 2.05 bits per heavy atom. The molecule has 108 valence electrons. The number of rotatable bonds is 5. The van der Waals surface area contributed by atoms with Gasteiger partial charge >= 0.3 is 0 Å². The van der Waals surface area contributed by atoms with Crippen molar-refractivity contribution < 1.29 is 4.74 Å². The van der Waals surface area contributed by atoms with Gasteiger partial charge in [-0.2, -0.15) is 15.1 Å². The number of ether oxygens (including phenoxy) is 1. The summed E-state index contributed by atoms with van der Waals surface area (Å²) in [7, 11) is 1.64. The van der Waals surface area contributed by atoms with E-state index in [4.69, 9.17) is 10.6 Å². The van der Waals surface area contributed by atoms with Crippen LogP contribution >= 0.6 is 0 Å². The molecule has 8 heteroatoms. The molecular weight excluding hydrogens is 270 g/mol. The number of hydrogen-bond acceptors (Lipinski definition) is 7. The minimum absolute atomic E-state index is 0.323. The molecule has 3 aromatic rings. The van der Waals surface area contributed by atoms with Crippen molar-refractivity contribution in [2.24, 2.45) is 5.84 Å². The van der Waals surface area contributed by atoms with E-state index in [1.165, 1.54) is 0 Å². The fourth-order valence-corrected chi connectivity index (χ4v) is 1.96. The summed E-state index contributed by atoms with van der Waals surface area (Å²) in [4.78, 5) is 8.47. The fourth-order valence-electron chi connectivity index (χ4n) is 1.96. The third-order valence-corrected chi connectivity index (χ3v) is 3.06. The van der Waals surface area contributed by atoms with Gasteiger partial charge in [-0.05, 0) is 17.7 Å². The van der Waals surface area contributed by atoms with Crippen molar-refractivity contribution in [1.29, 1.82) is 0 Å². The van der Waals surface area contributed by atoms with Gasteiger partial charge in [0.1, 0.15) is 11.6 Å². The minimum atomic E-state index is 0.323. The Morgan fingerprint density at radius 3 is 2.76 bits per heavy atom. The zero-order valence-electron chi connectivity index (χ0n) is 11.4. The number of nitrogens with one attached hydrogen (secondary N) is 3. The van der Waals surface area contributed by atoms with Crippen LogP contribution in [0.5, 0.6) is 5.75 Å². The van der Waals surface area contributed by atoms with Gasteiger partial charge in [-0.15, -0.1) is 0 Å². The molecule has 0 radical (unpaired) electrons. The quantitative estimate of drug-likeness (QED) is 0.412. The first-order valence-corrected chi connectivity index (χ1v) is 6.34. The molecule has 0 unspecified atom stereocenters. The molecule has 3 rings (SSSR count). The van der Waals surface area contributed by atoms with E-state index in [2.05, 4.69) is 30.9 Å². The average molecular weight is 285 g/mol. The summed E-state index contributed by atoms with van der Waals surface area (Å²) in [5, 5.41) is 10.8. The van der Waals surface area contributed by atoms with Crippen LogP contribution in [0.25, 0.3) is 11.0 Å². The van der Waals surface area contributed by atoms with Gasteiger partial charge in [-0.3, -0.25) is 10.5 Å². The third-order valence-electron chi connectivity index (χ3n) is 3.06. The number of anilines is 2. The van der Waals surface area contributed by atoms with Crippen LogP contribution in [0.2, 0.25) is 0 Å². The number of hydrogen-bond donors (Lipinski definition) is 4. The van der Waals surface area contributed by atoms with Crippen molar-refractivity contribution in [2.45, 2.75) is 6.54 Å². The van der Waals surface area contributed by atoms with Crippen LogP contribution in [0.15, 0.2) is 30.5 Å². The Hall–Kier alpha value is -2.87. The third kappa shape index (κ3) is 2.70. The van der Waals surface area contributed by atoms with E-state index in [1.54, 1.807) is 13.3 Å². The largest absolute Gasteiger partial charge is 0.497 e. The highest BCUT2D eigenvalue weighted by atomic mass is 16.5. The Labute approximate surface area is 120 Å². The molecule has 0 saturated heterocycles. The van der Waals surface area contributed by atoms with Crippen LogP contribution in [0.1, 0.15) is 5.56 Å². The molecular formula is C13H15N7O. The molecule has 8 nitrogen and oxygen atoms in total. The number of nitrogens with zero attached hydrogens (tertiary/aromatic N) is 3. The SMILES string of the molecule is COc1ccc(CNc2nc(NN)nc3[nH]ncc23)cc1. The maximum Gasteiger partial charge on any atom is 0.241 e. The Morgan fingerprint density at radius 1 is 1.24 bits per heavy atom. The van der Waals surface area contributed by atoms with Crippen LogP contribution in [-0.4, -0.2) is 27.3 Å². The molecule has 0 aliphatic rings. The average Bonchev–Trinajstić information content (AvgIpc) is 3.01. The topological polar surface area (TPSA) is 114 Å². The lowest BCUT2D eigenvalue weighted by atomic mass is 10.2. The lowest BCUT2D eigenvalue weighted by Crippen LogP contribution is -2.12. The normalized spacial score (nSPS) is 10.6. The highest BCUT2D eigenvalue weighted by molar-refractivity contribution is 5.86. The van der Waals surface area contributed by atoms with Gasteiger partial charge in [-0.1, -0.05) is 12.1 Å². The Kier molecular flexibility index (Phi) is 3.52. The van der Waals surface area contributed by atoms with Crippen molar-refractivity contribution in [3.63, 3.8) is 0 Å². The van der Waals surface area contributed by atoms with Gasteiger partial charge in [0.05, 0.1) is 18.7 Å². The van der Waals surface area contributed by atoms with Crippen molar-refractivity contribution in [3.8, 4) is 5.75 Å². The molecule has 0 aliphatic heterocycles. The number of fused-ring (bicyclic) bond motifs is 1. The van der Waals surface area contributed by atoms with Gasteiger partial charge in [0.25, 0.3) is 0 Å². The molecule has 21 heavy (non-hydrogen) atoms. The van der Waals surface area contributed by atoms with E-state index in [-0.39, 0.29) is 0 Å². The van der Waals surface area contributed by atoms with Crippen LogP contribution in [0, 0.1) is 0 Å². The van der Waals surface area contributed by atoms with Gasteiger partial charge in [0.15, 0.2) is 5.65 Å². The summed E-state index contributed by atoms with van der Waals surface area (Å²) in [6.45, 7) is 0.616. The van der Waals surface area contributed by atoms with E-state index < -0.39 is 0 Å². The van der Waals surface area contributed by atoms with Crippen LogP contribution in [0.4, 0.5) is 11.8 Å². The second-order valence-corrected chi connectivity index (χ2v) is 4.37. The fraction of sp³-hybridized carbons (Fsp3) is 0.154. The lowest BCUT2D eigenvalue weighted by Gasteiger charge is -2.08. The first kappa shape index (κ1) is 13.1. The smallest absolute Gasteiger partial charge is 0.241 e. The number of nitrogen functional groups attached to an aromatic ring is 1. The summed E-state index contributed by atoms with van der Waals surface area (Å²) in [5.74, 6) is 7.18. The molecule has 0 spiro atoms. The summed E-state index contributed by atoms with van der Waals surface area (Å²) in [6.07, 6.45) is 1.67. The van der Waals surface area contributed by atoms with E-state index in [9.17, 15) is 0 Å². The molecule has 2 heterocycles. The first-order valence-electron chi connectivity index (χ1n) is 6.34. The number of aromatic amines is 1. The van der Waals surface area contributed by atoms with E-state index in [1.807, 2.05) is 24.3 Å². The monoisotopic (exact) mass is 285 g/mol. The summed E-state index contributed by atoms with van der Waals surface area (Å²) in [5.41, 5.74) is 4.16. The van der Waals surface area contributed by atoms with E-state index in [0.717, 1.165) is 16.7 Å². The highest BCUT2D eigenvalue weighted by Crippen LogP contribution is 2.20. The van der Waals surface area contributed by atoms with E-state index >= 15 is 0 Å². The van der Waals surface area contributed by atoms with Crippen molar-refractivity contribution in [3.05, 3.63) is 36.0 Å². The second-order valence-electron chi connectivity index (χ2n) is 4.37. The second kappa shape index (κ2) is 5.63. The predicted molar refractivity (Wildman–Crippen MR) is 79.8 cm³/mol. The van der Waals surface area contributed by atoms with E-state index in [0.29, 0.717) is 24.0 Å². The van der Waals surface area contributed by atoms with Crippen LogP contribution in [-0.2, 0) is 6.54 Å². The predicted octanol–water partition coefficient (Wildman–Crippen LogP) is 1.26. The number of methoxy groups -OCH3 is 1. The van der Waals surface area contributed by atoms with Gasteiger partial charge in [-0.25, -0.2) is 5.84 Å². The zero-order chi connectivity index (χ0) is 14.7. The number of H-pyrrole nitrogens is 1. The number of aromatic nitrogens is 4. The number of benzene rings is 1. The highest BCUT2D eigenvalue weighted by Gasteiger charge is 2.08. The zero-order valence-corrected chi connectivity index (χ0v) is 11.4. The van der Waals surface area contributed by atoms with Gasteiger partial charge in [0.2, 0.25) is 5.95 Å². The molecule has 0 saturated carbocycles. The first-order chi connectivity index (χ1) is 10.3. The van der Waals surface area contributed by atoms with Crippen molar-refractivity contribution in [1.82, 2.24) is 20.2 Å². The molecule has 0 amide bonds. The molecule has 1 aromatic carbocycles. The number of nitrogens with two attached hydrogens (primary N) is 1. The lowest BCUT2D eigenvalue weighted by molar-refractivity contribution is 0.414. The molecule has 0 fully saturated rings. The Balaban J connectivity index is 1.81. The summed E-state index contributed by atoms with van der Waals surface area (Å²) < 4.78 is 5.13. The van der Waals surface area contributed by atoms with Crippen LogP contribution in [0.3, 0.4) is 0 Å². The van der Waals surface area contributed by atoms with Crippen molar-refractivity contribution in [2.75, 3.05) is 17.9 Å². The van der Waals surface area contributed by atoms with Gasteiger partial charge < -0.3 is 10.1 Å². The van der Waals surface area contributed by atoms with Crippen LogP contribution < -0.4 is 21.3 Å². The molecule has 5 N–H and O–H groups in total. The number of hydrazine groups is 1. The molecule has 0 bridgehead atoms.